The average Bonchev–Trinajstić information content (AvgIpc) is 2.52. The summed E-state index contributed by atoms with van der Waals surface area (Å²) in [4.78, 5) is 6.86. The third kappa shape index (κ3) is 7.08. The van der Waals surface area contributed by atoms with Crippen molar-refractivity contribution in [2.24, 2.45) is 10.9 Å². The van der Waals surface area contributed by atoms with E-state index in [1.54, 1.807) is 0 Å². The monoisotopic (exact) mass is 430 g/mol. The number of aryl methyl sites for hydroxylation is 1. The highest BCUT2D eigenvalue weighted by Gasteiger charge is 2.15. The van der Waals surface area contributed by atoms with Crippen molar-refractivity contribution in [1.82, 2.24) is 15.5 Å². The van der Waals surface area contributed by atoms with E-state index in [4.69, 9.17) is 0 Å². The number of likely N-dealkylation sites (tertiary alicyclic amines) is 1. The van der Waals surface area contributed by atoms with Crippen LogP contribution in [0, 0.1) is 12.8 Å². The Kier molecular flexibility index (Phi) is 9.55. The van der Waals surface area contributed by atoms with Crippen molar-refractivity contribution in [3.8, 4) is 0 Å². The Hall–Kier alpha value is -0.820. The number of rotatable bonds is 5. The predicted molar refractivity (Wildman–Crippen MR) is 110 cm³/mol. The van der Waals surface area contributed by atoms with Crippen LogP contribution in [0.4, 0.5) is 0 Å². The number of aliphatic imine (C=N–C) groups is 1. The first kappa shape index (κ1) is 20.2. The van der Waals surface area contributed by atoms with E-state index in [0.29, 0.717) is 0 Å². The molecule has 23 heavy (non-hydrogen) atoms. The first-order valence-corrected chi connectivity index (χ1v) is 8.40. The van der Waals surface area contributed by atoms with Gasteiger partial charge in [-0.1, -0.05) is 31.2 Å². The van der Waals surface area contributed by atoms with Crippen LogP contribution in [0.15, 0.2) is 29.3 Å². The van der Waals surface area contributed by atoms with Crippen LogP contribution in [0.25, 0.3) is 0 Å². The van der Waals surface area contributed by atoms with Gasteiger partial charge in [0, 0.05) is 33.2 Å². The van der Waals surface area contributed by atoms with Crippen molar-refractivity contribution in [2.45, 2.75) is 33.2 Å². The minimum absolute atomic E-state index is 0. The number of nitrogens with zero attached hydrogens (tertiary/aromatic N) is 2. The van der Waals surface area contributed by atoms with Crippen LogP contribution >= 0.6 is 24.0 Å². The van der Waals surface area contributed by atoms with Gasteiger partial charge in [-0.25, -0.2) is 0 Å². The van der Waals surface area contributed by atoms with Crippen molar-refractivity contribution in [2.75, 3.05) is 33.2 Å². The molecule has 1 aliphatic heterocycles. The van der Waals surface area contributed by atoms with E-state index in [2.05, 4.69) is 58.6 Å². The molecule has 4 nitrogen and oxygen atoms in total. The van der Waals surface area contributed by atoms with Crippen molar-refractivity contribution in [1.29, 1.82) is 0 Å². The first-order valence-electron chi connectivity index (χ1n) is 8.40. The lowest BCUT2D eigenvalue weighted by Crippen LogP contribution is -2.43. The van der Waals surface area contributed by atoms with Gasteiger partial charge >= 0.3 is 0 Å². The maximum atomic E-state index is 4.31. The Morgan fingerprint density at radius 2 is 2.09 bits per heavy atom. The minimum atomic E-state index is 0. The Morgan fingerprint density at radius 3 is 2.78 bits per heavy atom. The Bertz CT molecular complexity index is 490. The maximum Gasteiger partial charge on any atom is 0.191 e. The molecule has 1 aliphatic rings. The third-order valence-corrected chi connectivity index (χ3v) is 4.39. The van der Waals surface area contributed by atoms with Crippen molar-refractivity contribution in [3.63, 3.8) is 0 Å². The summed E-state index contributed by atoms with van der Waals surface area (Å²) in [5.41, 5.74) is 2.63. The lowest BCUT2D eigenvalue weighted by atomic mass is 10.0. The largest absolute Gasteiger partial charge is 0.355 e. The van der Waals surface area contributed by atoms with E-state index in [9.17, 15) is 0 Å². The molecular weight excluding hydrogens is 399 g/mol. The standard InChI is InChI=1S/C18H30N4.HI/c1-15-7-6-11-22(14-15)12-10-20-18(19-3)21-13-17-9-5-4-8-16(17)2;/h4-5,8-9,15H,6-7,10-14H2,1-3H3,(H2,19,20,21);1H. The number of halogens is 1. The van der Waals surface area contributed by atoms with E-state index in [1.807, 2.05) is 7.05 Å². The quantitative estimate of drug-likeness (QED) is 0.429. The average molecular weight is 430 g/mol. The zero-order valence-electron chi connectivity index (χ0n) is 14.6. The molecule has 0 radical (unpaired) electrons. The fourth-order valence-corrected chi connectivity index (χ4v) is 3.03. The van der Waals surface area contributed by atoms with E-state index in [0.717, 1.165) is 31.5 Å². The molecule has 0 amide bonds. The molecule has 1 unspecified atom stereocenters. The van der Waals surface area contributed by atoms with Crippen LogP contribution in [0.2, 0.25) is 0 Å². The number of piperidine rings is 1. The smallest absolute Gasteiger partial charge is 0.191 e. The molecule has 0 bridgehead atoms. The number of guanidine groups is 1. The van der Waals surface area contributed by atoms with Gasteiger partial charge in [-0.15, -0.1) is 24.0 Å². The van der Waals surface area contributed by atoms with Gasteiger partial charge in [0.2, 0.25) is 0 Å². The summed E-state index contributed by atoms with van der Waals surface area (Å²) in [6.45, 7) is 9.81. The molecule has 2 rings (SSSR count). The minimum Gasteiger partial charge on any atom is -0.355 e. The summed E-state index contributed by atoms with van der Waals surface area (Å²) >= 11 is 0. The molecule has 1 saturated heterocycles. The van der Waals surface area contributed by atoms with Gasteiger partial charge < -0.3 is 15.5 Å². The molecule has 1 fully saturated rings. The lowest BCUT2D eigenvalue weighted by Gasteiger charge is -2.30. The summed E-state index contributed by atoms with van der Waals surface area (Å²) in [6.07, 6.45) is 2.71. The summed E-state index contributed by atoms with van der Waals surface area (Å²) in [5.74, 6) is 1.72. The summed E-state index contributed by atoms with van der Waals surface area (Å²) < 4.78 is 0. The van der Waals surface area contributed by atoms with Gasteiger partial charge in [0.25, 0.3) is 0 Å². The Labute approximate surface area is 158 Å². The van der Waals surface area contributed by atoms with Crippen molar-refractivity contribution < 1.29 is 0 Å². The van der Waals surface area contributed by atoms with Crippen LogP contribution in [-0.4, -0.2) is 44.1 Å². The molecule has 0 spiro atoms. The number of hydrogen-bond acceptors (Lipinski definition) is 2. The molecule has 0 aliphatic carbocycles. The maximum absolute atomic E-state index is 4.31. The molecule has 0 aromatic heterocycles. The molecule has 1 aromatic carbocycles. The lowest BCUT2D eigenvalue weighted by molar-refractivity contribution is 0.187. The van der Waals surface area contributed by atoms with Crippen LogP contribution in [0.3, 0.4) is 0 Å². The second kappa shape index (κ2) is 10.9. The zero-order chi connectivity index (χ0) is 15.8. The summed E-state index contributed by atoms with van der Waals surface area (Å²) in [7, 11) is 1.83. The molecule has 2 N–H and O–H groups in total. The normalized spacial score (nSPS) is 19.1. The van der Waals surface area contributed by atoms with Crippen molar-refractivity contribution in [3.05, 3.63) is 35.4 Å². The molecule has 1 heterocycles. The molecule has 1 atom stereocenters. The first-order chi connectivity index (χ1) is 10.7. The van der Waals surface area contributed by atoms with Gasteiger partial charge in [-0.2, -0.15) is 0 Å². The summed E-state index contributed by atoms with van der Waals surface area (Å²) in [6, 6.07) is 8.46. The second-order valence-corrected chi connectivity index (χ2v) is 6.33. The topological polar surface area (TPSA) is 39.7 Å². The fourth-order valence-electron chi connectivity index (χ4n) is 3.03. The highest BCUT2D eigenvalue weighted by Crippen LogP contribution is 2.14. The van der Waals surface area contributed by atoms with Crippen molar-refractivity contribution >= 4 is 29.9 Å². The molecule has 0 saturated carbocycles. The zero-order valence-corrected chi connectivity index (χ0v) is 17.0. The number of hydrogen-bond donors (Lipinski definition) is 2. The second-order valence-electron chi connectivity index (χ2n) is 6.33. The Balaban J connectivity index is 0.00000264. The SMILES string of the molecule is CN=C(NCCN1CCCC(C)C1)NCc1ccccc1C.I. The van der Waals surface area contributed by atoms with Gasteiger partial charge in [0.1, 0.15) is 0 Å². The Morgan fingerprint density at radius 1 is 1.30 bits per heavy atom. The van der Waals surface area contributed by atoms with E-state index in [-0.39, 0.29) is 24.0 Å². The highest BCUT2D eigenvalue weighted by molar-refractivity contribution is 14.0. The molecular formula is C18H31IN4. The predicted octanol–water partition coefficient (Wildman–Crippen LogP) is 3.01. The number of benzene rings is 1. The highest BCUT2D eigenvalue weighted by atomic mass is 127. The van der Waals surface area contributed by atoms with Crippen LogP contribution in [-0.2, 0) is 6.54 Å². The number of nitrogens with one attached hydrogen (secondary N) is 2. The van der Waals surface area contributed by atoms with E-state index >= 15 is 0 Å². The van der Waals surface area contributed by atoms with Gasteiger partial charge in [-0.05, 0) is 43.4 Å². The summed E-state index contributed by atoms with van der Waals surface area (Å²) in [5, 5.41) is 6.81. The van der Waals surface area contributed by atoms with Crippen LogP contribution in [0.1, 0.15) is 30.9 Å². The third-order valence-electron chi connectivity index (χ3n) is 4.39. The van der Waals surface area contributed by atoms with E-state index in [1.165, 1.54) is 37.1 Å². The van der Waals surface area contributed by atoms with Gasteiger partial charge in [-0.3, -0.25) is 4.99 Å². The fraction of sp³-hybridized carbons (Fsp3) is 0.611. The van der Waals surface area contributed by atoms with Gasteiger partial charge in [0.15, 0.2) is 5.96 Å². The molecule has 1 aromatic rings. The van der Waals surface area contributed by atoms with Crippen LogP contribution < -0.4 is 10.6 Å². The molecule has 5 heteroatoms. The van der Waals surface area contributed by atoms with E-state index < -0.39 is 0 Å². The van der Waals surface area contributed by atoms with Gasteiger partial charge in [0.05, 0.1) is 0 Å². The van der Waals surface area contributed by atoms with Crippen LogP contribution in [0.5, 0.6) is 0 Å². The molecule has 130 valence electrons.